The Bertz CT molecular complexity index is 1300. The van der Waals surface area contributed by atoms with Crippen LogP contribution in [0.3, 0.4) is 0 Å². The lowest BCUT2D eigenvalue weighted by Crippen LogP contribution is -2.35. The molecule has 0 aliphatic carbocycles. The molecule has 5 rings (SSSR count). The molecule has 33 heavy (non-hydrogen) atoms. The van der Waals surface area contributed by atoms with Crippen LogP contribution in [0.4, 0.5) is 0 Å². The molecule has 0 atom stereocenters. The van der Waals surface area contributed by atoms with Gasteiger partial charge in [0.2, 0.25) is 0 Å². The number of carbonyl (C=O) groups excluding carboxylic acids is 1. The number of piperidine rings is 1. The molecule has 4 aromatic rings. The zero-order valence-electron chi connectivity index (χ0n) is 19.4. The van der Waals surface area contributed by atoms with E-state index in [9.17, 15) is 4.79 Å². The number of aryl methyl sites for hydroxylation is 1. The van der Waals surface area contributed by atoms with E-state index < -0.39 is 0 Å². The number of nitrogens with zero attached hydrogens (tertiary/aromatic N) is 3. The fourth-order valence-corrected chi connectivity index (χ4v) is 5.01. The van der Waals surface area contributed by atoms with Crippen LogP contribution in [0.5, 0.6) is 5.75 Å². The number of aromatic nitrogens is 2. The number of fused-ring (bicyclic) bond motifs is 2. The third kappa shape index (κ3) is 4.09. The fraction of sp³-hybridized carbons (Fsp3) is 0.385. The van der Waals surface area contributed by atoms with E-state index >= 15 is 0 Å². The van der Waals surface area contributed by atoms with Crippen LogP contribution in [0.1, 0.15) is 40.7 Å². The molecule has 2 aromatic heterocycles. The number of likely N-dealkylation sites (tertiary alicyclic amines) is 1. The summed E-state index contributed by atoms with van der Waals surface area (Å²) in [5.41, 5.74) is 4.65. The average Bonchev–Trinajstić information content (AvgIpc) is 3.44. The zero-order valence-corrected chi connectivity index (χ0v) is 19.4. The molecule has 1 aliphatic rings. The molecular formula is C26H30N4O3. The molecule has 1 N–H and O–H groups in total. The van der Waals surface area contributed by atoms with E-state index in [0.717, 1.165) is 66.8 Å². The molecule has 7 nitrogen and oxygen atoms in total. The lowest BCUT2D eigenvalue weighted by molar-refractivity contribution is 0.0963. The number of amides is 1. The summed E-state index contributed by atoms with van der Waals surface area (Å²) in [5.74, 6) is 1.49. The standard InChI is InChI=1S/C26H30N4O3/c1-17-28-22-6-7-24(32-3)21(25(22)33-17)11-14-29-12-9-20(10-13-29)30-15-8-18-4-5-19(16-23(18)30)26(31)27-2/h4-8,15-16,20H,9-14H2,1-3H3,(H,27,31). The quantitative estimate of drug-likeness (QED) is 0.477. The minimum absolute atomic E-state index is 0.0492. The Balaban J connectivity index is 1.27. The molecule has 0 bridgehead atoms. The maximum absolute atomic E-state index is 12.1. The van der Waals surface area contributed by atoms with Crippen LogP contribution in [0.25, 0.3) is 22.0 Å². The molecule has 1 amide bonds. The summed E-state index contributed by atoms with van der Waals surface area (Å²) < 4.78 is 13.8. The first-order chi connectivity index (χ1) is 16.1. The van der Waals surface area contributed by atoms with Gasteiger partial charge >= 0.3 is 0 Å². The monoisotopic (exact) mass is 446 g/mol. The summed E-state index contributed by atoms with van der Waals surface area (Å²) in [5, 5.41) is 3.89. The maximum atomic E-state index is 12.1. The highest BCUT2D eigenvalue weighted by molar-refractivity contribution is 5.97. The molecular weight excluding hydrogens is 416 g/mol. The van der Waals surface area contributed by atoms with Crippen molar-refractivity contribution in [3.8, 4) is 5.75 Å². The van der Waals surface area contributed by atoms with E-state index in [0.29, 0.717) is 17.5 Å². The summed E-state index contributed by atoms with van der Waals surface area (Å²) in [6.07, 6.45) is 5.19. The third-order valence-corrected chi connectivity index (χ3v) is 6.79. The van der Waals surface area contributed by atoms with Gasteiger partial charge in [0.1, 0.15) is 11.3 Å². The number of rotatable bonds is 6. The lowest BCUT2D eigenvalue weighted by atomic mass is 10.0. The normalized spacial score (nSPS) is 15.4. The van der Waals surface area contributed by atoms with Gasteiger partial charge in [-0.1, -0.05) is 6.07 Å². The Morgan fingerprint density at radius 2 is 2.03 bits per heavy atom. The lowest BCUT2D eigenvalue weighted by Gasteiger charge is -2.33. The van der Waals surface area contributed by atoms with Crippen molar-refractivity contribution in [2.24, 2.45) is 0 Å². The van der Waals surface area contributed by atoms with Crippen molar-refractivity contribution in [2.45, 2.75) is 32.2 Å². The van der Waals surface area contributed by atoms with Gasteiger partial charge in [-0.05, 0) is 55.0 Å². The number of ether oxygens (including phenoxy) is 1. The summed E-state index contributed by atoms with van der Waals surface area (Å²) in [7, 11) is 3.37. The van der Waals surface area contributed by atoms with E-state index in [2.05, 4.69) is 32.0 Å². The first kappa shape index (κ1) is 21.5. The largest absolute Gasteiger partial charge is 0.496 e. The van der Waals surface area contributed by atoms with Crippen LogP contribution >= 0.6 is 0 Å². The summed E-state index contributed by atoms with van der Waals surface area (Å²) in [4.78, 5) is 19.1. The summed E-state index contributed by atoms with van der Waals surface area (Å²) in [6, 6.07) is 12.4. The highest BCUT2D eigenvalue weighted by atomic mass is 16.5. The van der Waals surface area contributed by atoms with E-state index in [1.54, 1.807) is 14.2 Å². The Hall–Kier alpha value is -3.32. The van der Waals surface area contributed by atoms with Gasteiger partial charge in [-0.2, -0.15) is 0 Å². The topological polar surface area (TPSA) is 72.5 Å². The molecule has 172 valence electrons. The van der Waals surface area contributed by atoms with Crippen molar-refractivity contribution in [1.82, 2.24) is 19.8 Å². The molecule has 3 heterocycles. The third-order valence-electron chi connectivity index (χ3n) is 6.79. The van der Waals surface area contributed by atoms with Crippen LogP contribution < -0.4 is 10.1 Å². The van der Waals surface area contributed by atoms with Crippen molar-refractivity contribution in [1.29, 1.82) is 0 Å². The van der Waals surface area contributed by atoms with Crippen molar-refractivity contribution in [3.63, 3.8) is 0 Å². The van der Waals surface area contributed by atoms with Crippen molar-refractivity contribution in [2.75, 3.05) is 33.8 Å². The van der Waals surface area contributed by atoms with Crippen LogP contribution in [0, 0.1) is 6.92 Å². The number of nitrogens with one attached hydrogen (secondary N) is 1. The maximum Gasteiger partial charge on any atom is 0.251 e. The van der Waals surface area contributed by atoms with Crippen LogP contribution in [-0.4, -0.2) is 54.1 Å². The first-order valence-corrected chi connectivity index (χ1v) is 11.6. The first-order valence-electron chi connectivity index (χ1n) is 11.6. The Labute approximate surface area is 193 Å². The Morgan fingerprint density at radius 1 is 1.21 bits per heavy atom. The summed E-state index contributed by atoms with van der Waals surface area (Å²) >= 11 is 0. The Kier molecular flexibility index (Phi) is 5.81. The molecule has 2 aromatic carbocycles. The number of hydrogen-bond donors (Lipinski definition) is 1. The van der Waals surface area contributed by atoms with E-state index in [-0.39, 0.29) is 5.91 Å². The second-order valence-corrected chi connectivity index (χ2v) is 8.73. The van der Waals surface area contributed by atoms with Gasteiger partial charge in [-0.15, -0.1) is 0 Å². The molecule has 0 saturated carbocycles. The summed E-state index contributed by atoms with van der Waals surface area (Å²) in [6.45, 7) is 4.90. The van der Waals surface area contributed by atoms with E-state index in [4.69, 9.17) is 9.15 Å². The van der Waals surface area contributed by atoms with Gasteiger partial charge in [0.25, 0.3) is 5.91 Å². The van der Waals surface area contributed by atoms with Gasteiger partial charge in [-0.3, -0.25) is 4.79 Å². The van der Waals surface area contributed by atoms with Gasteiger partial charge in [0.15, 0.2) is 11.5 Å². The number of oxazole rings is 1. The average molecular weight is 447 g/mol. The second kappa shape index (κ2) is 8.90. The molecule has 0 unspecified atom stereocenters. The van der Waals surface area contributed by atoms with Crippen LogP contribution in [0.2, 0.25) is 0 Å². The van der Waals surface area contributed by atoms with Crippen molar-refractivity contribution >= 4 is 27.9 Å². The smallest absolute Gasteiger partial charge is 0.251 e. The highest BCUT2D eigenvalue weighted by Gasteiger charge is 2.23. The second-order valence-electron chi connectivity index (χ2n) is 8.73. The molecule has 1 aliphatic heterocycles. The van der Waals surface area contributed by atoms with Crippen LogP contribution in [0.15, 0.2) is 47.0 Å². The van der Waals surface area contributed by atoms with E-state index in [1.807, 2.05) is 37.3 Å². The molecule has 1 saturated heterocycles. The van der Waals surface area contributed by atoms with Crippen molar-refractivity contribution < 1.29 is 13.9 Å². The van der Waals surface area contributed by atoms with Crippen LogP contribution in [-0.2, 0) is 6.42 Å². The molecule has 0 spiro atoms. The van der Waals surface area contributed by atoms with Gasteiger partial charge in [-0.25, -0.2) is 4.98 Å². The Morgan fingerprint density at radius 3 is 2.79 bits per heavy atom. The van der Waals surface area contributed by atoms with E-state index in [1.165, 1.54) is 5.39 Å². The van der Waals surface area contributed by atoms with Gasteiger partial charge in [0, 0.05) is 62.5 Å². The SMILES string of the molecule is CNC(=O)c1ccc2ccn(C3CCN(CCc4c(OC)ccc5nc(C)oc45)CC3)c2c1. The zero-order chi connectivity index (χ0) is 22.9. The number of carbonyl (C=O) groups is 1. The molecule has 0 radical (unpaired) electrons. The molecule has 7 heteroatoms. The predicted molar refractivity (Wildman–Crippen MR) is 129 cm³/mol. The van der Waals surface area contributed by atoms with Gasteiger partial charge in [0.05, 0.1) is 7.11 Å². The molecule has 1 fully saturated rings. The number of methoxy groups -OCH3 is 1. The minimum atomic E-state index is -0.0492. The number of hydrogen-bond acceptors (Lipinski definition) is 5. The number of benzene rings is 2. The van der Waals surface area contributed by atoms with Crippen molar-refractivity contribution in [3.05, 3.63) is 59.6 Å². The highest BCUT2D eigenvalue weighted by Crippen LogP contribution is 2.31. The van der Waals surface area contributed by atoms with Gasteiger partial charge < -0.3 is 23.9 Å². The minimum Gasteiger partial charge on any atom is -0.496 e. The predicted octanol–water partition coefficient (Wildman–Crippen LogP) is 4.34. The fourth-order valence-electron chi connectivity index (χ4n) is 5.01.